The van der Waals surface area contributed by atoms with Crippen molar-refractivity contribution in [2.75, 3.05) is 19.8 Å². The van der Waals surface area contributed by atoms with Gasteiger partial charge in [-0.3, -0.25) is 9.48 Å². The molecule has 36 heavy (non-hydrogen) atoms. The van der Waals surface area contributed by atoms with Gasteiger partial charge in [0.1, 0.15) is 0 Å². The number of nitrogen functional groups attached to an aromatic ring is 1. The second kappa shape index (κ2) is 8.85. The third-order valence-corrected chi connectivity index (χ3v) is 6.93. The molecule has 0 bridgehead atoms. The number of amides is 1. The van der Waals surface area contributed by atoms with Crippen molar-refractivity contribution < 1.29 is 9.32 Å². The third-order valence-electron chi connectivity index (χ3n) is 6.93. The van der Waals surface area contributed by atoms with Gasteiger partial charge < -0.3 is 15.2 Å². The lowest BCUT2D eigenvalue weighted by atomic mass is 9.64. The zero-order valence-electron chi connectivity index (χ0n) is 21.0. The quantitative estimate of drug-likeness (QED) is 0.420. The van der Waals surface area contributed by atoms with Gasteiger partial charge in [0.05, 0.1) is 29.1 Å². The van der Waals surface area contributed by atoms with E-state index < -0.39 is 5.41 Å². The first kappa shape index (κ1) is 23.7. The Kier molecular flexibility index (Phi) is 5.82. The molecule has 186 valence electrons. The van der Waals surface area contributed by atoms with E-state index >= 15 is 0 Å². The van der Waals surface area contributed by atoms with Crippen molar-refractivity contribution in [3.8, 4) is 22.6 Å². The van der Waals surface area contributed by atoms with Gasteiger partial charge >= 0.3 is 0 Å². The van der Waals surface area contributed by atoms with Gasteiger partial charge in [0.2, 0.25) is 11.9 Å². The predicted octanol–water partition coefficient (Wildman–Crippen LogP) is 3.56. The lowest BCUT2D eigenvalue weighted by molar-refractivity contribution is -0.138. The maximum Gasteiger partial charge on any atom is 0.261 e. The molecule has 1 aliphatic carbocycles. The van der Waals surface area contributed by atoms with Gasteiger partial charge in [-0.15, -0.1) is 0 Å². The number of carbonyl (C=O) groups is 1. The first-order valence-corrected chi connectivity index (χ1v) is 12.0. The number of benzene rings is 1. The van der Waals surface area contributed by atoms with Crippen LogP contribution in [0.1, 0.15) is 44.5 Å². The molecule has 0 radical (unpaired) electrons. The number of rotatable bonds is 7. The summed E-state index contributed by atoms with van der Waals surface area (Å²) in [5.41, 5.74) is 8.56. The monoisotopic (exact) mass is 486 g/mol. The summed E-state index contributed by atoms with van der Waals surface area (Å²) in [7, 11) is 3.52. The molecule has 0 unspecified atom stereocenters. The van der Waals surface area contributed by atoms with E-state index in [0.717, 1.165) is 41.5 Å². The van der Waals surface area contributed by atoms with E-state index in [1.165, 1.54) is 0 Å². The minimum atomic E-state index is -0.590. The third kappa shape index (κ3) is 4.23. The minimum absolute atomic E-state index is 0.0430. The predicted molar refractivity (Wildman–Crippen MR) is 135 cm³/mol. The van der Waals surface area contributed by atoms with Crippen LogP contribution in [-0.4, -0.2) is 54.8 Å². The molecule has 1 amide bonds. The van der Waals surface area contributed by atoms with Crippen LogP contribution in [0.25, 0.3) is 22.6 Å². The highest BCUT2D eigenvalue weighted by Crippen LogP contribution is 2.48. The van der Waals surface area contributed by atoms with Crippen LogP contribution in [0.5, 0.6) is 0 Å². The summed E-state index contributed by atoms with van der Waals surface area (Å²) in [5.74, 6) is 1.41. The lowest BCUT2D eigenvalue weighted by Crippen LogP contribution is -2.39. The highest BCUT2D eigenvalue weighted by Gasteiger charge is 2.44. The number of hydrogen-bond donors (Lipinski definition) is 1. The summed E-state index contributed by atoms with van der Waals surface area (Å²) in [6.07, 6.45) is 10.00. The van der Waals surface area contributed by atoms with Crippen LogP contribution < -0.4 is 5.73 Å². The summed E-state index contributed by atoms with van der Waals surface area (Å²) >= 11 is 0. The maximum absolute atomic E-state index is 12.5. The van der Waals surface area contributed by atoms with Crippen LogP contribution >= 0.6 is 0 Å². The van der Waals surface area contributed by atoms with E-state index in [4.69, 9.17) is 15.2 Å². The van der Waals surface area contributed by atoms with Crippen LogP contribution in [0.2, 0.25) is 0 Å². The molecule has 0 saturated heterocycles. The van der Waals surface area contributed by atoms with Gasteiger partial charge in [-0.25, -0.2) is 9.97 Å². The first-order valence-electron chi connectivity index (χ1n) is 12.0. The van der Waals surface area contributed by atoms with Crippen LogP contribution in [-0.2, 0) is 16.8 Å². The summed E-state index contributed by atoms with van der Waals surface area (Å²) in [5, 5.41) is 8.80. The van der Waals surface area contributed by atoms with Gasteiger partial charge in [-0.2, -0.15) is 10.1 Å². The molecule has 1 aromatic carbocycles. The first-order chi connectivity index (χ1) is 17.2. The van der Waals surface area contributed by atoms with Crippen LogP contribution in [0.3, 0.4) is 0 Å². The van der Waals surface area contributed by atoms with Crippen LogP contribution in [0, 0.1) is 5.41 Å². The van der Waals surface area contributed by atoms with Crippen molar-refractivity contribution in [2.45, 2.75) is 45.1 Å². The Labute approximate surface area is 209 Å². The number of carbonyl (C=O) groups excluding carboxylic acids is 1. The molecule has 3 heterocycles. The molecule has 4 aromatic rings. The normalized spacial score (nSPS) is 14.9. The van der Waals surface area contributed by atoms with Crippen molar-refractivity contribution >= 4 is 11.9 Å². The molecule has 10 heteroatoms. The summed E-state index contributed by atoms with van der Waals surface area (Å²) in [6.45, 7) is 4.26. The van der Waals surface area contributed by atoms with E-state index in [2.05, 4.69) is 44.5 Å². The van der Waals surface area contributed by atoms with Gasteiger partial charge in [0.15, 0.2) is 5.82 Å². The van der Waals surface area contributed by atoms with Gasteiger partial charge in [0.25, 0.3) is 5.89 Å². The fraction of sp³-hybridized carbons (Fsp3) is 0.385. The highest BCUT2D eigenvalue weighted by atomic mass is 16.5. The summed E-state index contributed by atoms with van der Waals surface area (Å²) in [6, 6.07) is 8.35. The SMILES string of the molecule is CN(C)C(=O)C(C)(C)Cn1cc(-c2nc(C3(c4ccc(-c5cnc(N)nc5)cc4)CCC3)no2)cn1. The largest absolute Gasteiger partial charge is 0.368 e. The molecule has 3 aromatic heterocycles. The van der Waals surface area contributed by atoms with Crippen molar-refractivity contribution in [2.24, 2.45) is 5.41 Å². The zero-order valence-corrected chi connectivity index (χ0v) is 21.0. The molecule has 10 nitrogen and oxygen atoms in total. The smallest absolute Gasteiger partial charge is 0.261 e. The number of nitrogens with zero attached hydrogens (tertiary/aromatic N) is 7. The molecule has 0 aliphatic heterocycles. The number of hydrogen-bond acceptors (Lipinski definition) is 8. The van der Waals surface area contributed by atoms with E-state index in [9.17, 15) is 4.79 Å². The Morgan fingerprint density at radius 2 is 1.78 bits per heavy atom. The Bertz CT molecular complexity index is 1370. The number of nitrogens with two attached hydrogens (primary N) is 1. The van der Waals surface area contributed by atoms with Crippen molar-refractivity contribution in [3.63, 3.8) is 0 Å². The standard InChI is InChI=1S/C26H30N8O2/c1-25(2,23(35)33(3)4)16-34-15-19(14-30-34)21-31-22(32-36-21)26(10-5-11-26)20-8-6-17(7-9-20)18-12-28-24(27)29-13-18/h6-9,12-15H,5,10-11,16H2,1-4H3,(H2,27,28,29). The minimum Gasteiger partial charge on any atom is -0.368 e. The average molecular weight is 487 g/mol. The molecule has 5 rings (SSSR count). The van der Waals surface area contributed by atoms with Gasteiger partial charge in [-0.1, -0.05) is 35.8 Å². The fourth-order valence-electron chi connectivity index (χ4n) is 4.81. The van der Waals surface area contributed by atoms with Crippen molar-refractivity contribution in [3.05, 3.63) is 60.4 Å². The number of aromatic nitrogens is 6. The molecule has 2 N–H and O–H groups in total. The Morgan fingerprint density at radius 3 is 2.39 bits per heavy atom. The average Bonchev–Trinajstić information content (AvgIpc) is 3.49. The lowest BCUT2D eigenvalue weighted by Gasteiger charge is -2.39. The van der Waals surface area contributed by atoms with Crippen molar-refractivity contribution in [1.29, 1.82) is 0 Å². The molecule has 0 atom stereocenters. The van der Waals surface area contributed by atoms with E-state index in [-0.39, 0.29) is 17.3 Å². The van der Waals surface area contributed by atoms with E-state index in [1.54, 1.807) is 42.3 Å². The second-order valence-corrected chi connectivity index (χ2v) is 10.3. The fourth-order valence-corrected chi connectivity index (χ4v) is 4.81. The van der Waals surface area contributed by atoms with E-state index in [0.29, 0.717) is 18.3 Å². The van der Waals surface area contributed by atoms with Crippen LogP contribution in [0.15, 0.2) is 53.6 Å². The topological polar surface area (TPSA) is 129 Å². The molecule has 0 spiro atoms. The van der Waals surface area contributed by atoms with Gasteiger partial charge in [0, 0.05) is 38.2 Å². The summed E-state index contributed by atoms with van der Waals surface area (Å²) < 4.78 is 7.42. The van der Waals surface area contributed by atoms with Crippen molar-refractivity contribution in [1.82, 2.24) is 34.8 Å². The summed E-state index contributed by atoms with van der Waals surface area (Å²) in [4.78, 5) is 27.0. The molecular weight excluding hydrogens is 456 g/mol. The maximum atomic E-state index is 12.5. The Balaban J connectivity index is 1.36. The second-order valence-electron chi connectivity index (χ2n) is 10.3. The molecule has 1 fully saturated rings. The van der Waals surface area contributed by atoms with Gasteiger partial charge in [-0.05, 0) is 37.8 Å². The zero-order chi connectivity index (χ0) is 25.5. The molecular formula is C26H30N8O2. The highest BCUT2D eigenvalue weighted by molar-refractivity contribution is 5.81. The van der Waals surface area contributed by atoms with E-state index in [1.807, 2.05) is 20.0 Å². The number of anilines is 1. The molecule has 1 aliphatic rings. The Hall–Kier alpha value is -4.08. The molecule has 1 saturated carbocycles. The van der Waals surface area contributed by atoms with Crippen LogP contribution in [0.4, 0.5) is 5.95 Å². The Morgan fingerprint density at radius 1 is 1.08 bits per heavy atom.